The number of amides is 1. The van der Waals surface area contributed by atoms with Gasteiger partial charge in [-0.3, -0.25) is 14.9 Å². The van der Waals surface area contributed by atoms with E-state index in [0.29, 0.717) is 9.87 Å². The third kappa shape index (κ3) is 8.13. The number of carbonyl (C=O) groups is 2. The van der Waals surface area contributed by atoms with Crippen LogP contribution in [-0.2, 0) is 30.9 Å². The van der Waals surface area contributed by atoms with Gasteiger partial charge >= 0.3 is 22.3 Å². The molecule has 1 aromatic rings. The van der Waals surface area contributed by atoms with E-state index in [-0.39, 0.29) is 25.3 Å². The van der Waals surface area contributed by atoms with Crippen LogP contribution in [0.4, 0.5) is 10.5 Å². The standard InChI is InChI=1S/C19H29N3O8S/c1-7-29-16(23)19(5,6)20-31(27,28)21(17(24)30-18(2,3)4)13-12-14-8-10-15(11-9-14)22(25)26/h8-11,20H,7,12-13H2,1-6H3. The average Bonchev–Trinajstić information content (AvgIpc) is 2.59. The second-order valence-corrected chi connectivity index (χ2v) is 9.77. The van der Waals surface area contributed by atoms with E-state index >= 15 is 0 Å². The van der Waals surface area contributed by atoms with E-state index in [4.69, 9.17) is 9.47 Å². The molecule has 0 fully saturated rings. The van der Waals surface area contributed by atoms with Crippen LogP contribution in [0.3, 0.4) is 0 Å². The number of hydrogen-bond acceptors (Lipinski definition) is 8. The number of nitrogens with one attached hydrogen (secondary N) is 1. The Morgan fingerprint density at radius 3 is 2.13 bits per heavy atom. The fourth-order valence-electron chi connectivity index (χ4n) is 2.37. The molecule has 12 heteroatoms. The highest BCUT2D eigenvalue weighted by atomic mass is 32.2. The maximum atomic E-state index is 13.0. The van der Waals surface area contributed by atoms with E-state index in [2.05, 4.69) is 4.72 Å². The quantitative estimate of drug-likeness (QED) is 0.337. The van der Waals surface area contributed by atoms with E-state index in [0.717, 1.165) is 0 Å². The van der Waals surface area contributed by atoms with E-state index in [9.17, 15) is 28.1 Å². The number of nitro groups is 1. The molecular formula is C19H29N3O8S. The molecule has 1 aromatic carbocycles. The van der Waals surface area contributed by atoms with Crippen LogP contribution in [0.2, 0.25) is 0 Å². The van der Waals surface area contributed by atoms with Crippen molar-refractivity contribution in [3.8, 4) is 0 Å². The lowest BCUT2D eigenvalue weighted by Crippen LogP contribution is -2.57. The molecule has 0 saturated heterocycles. The van der Waals surface area contributed by atoms with Crippen molar-refractivity contribution in [3.05, 3.63) is 39.9 Å². The van der Waals surface area contributed by atoms with Crippen LogP contribution in [0.25, 0.3) is 0 Å². The van der Waals surface area contributed by atoms with Crippen LogP contribution in [-0.4, -0.2) is 54.0 Å². The van der Waals surface area contributed by atoms with Gasteiger partial charge in [0.25, 0.3) is 5.69 Å². The summed E-state index contributed by atoms with van der Waals surface area (Å²) in [4.78, 5) is 34.9. The molecular weight excluding hydrogens is 430 g/mol. The van der Waals surface area contributed by atoms with Crippen LogP contribution in [0, 0.1) is 10.1 Å². The first-order valence-electron chi connectivity index (χ1n) is 9.54. The van der Waals surface area contributed by atoms with Crippen LogP contribution >= 0.6 is 0 Å². The maximum Gasteiger partial charge on any atom is 0.425 e. The van der Waals surface area contributed by atoms with Crippen molar-refractivity contribution in [2.24, 2.45) is 0 Å². The molecule has 0 aromatic heterocycles. The minimum absolute atomic E-state index is 0.0555. The summed E-state index contributed by atoms with van der Waals surface area (Å²) in [6, 6.07) is 5.50. The third-order valence-electron chi connectivity index (χ3n) is 3.81. The summed E-state index contributed by atoms with van der Waals surface area (Å²) in [5.74, 6) is -0.807. The third-order valence-corrected chi connectivity index (χ3v) is 5.49. The molecule has 0 aliphatic rings. The van der Waals surface area contributed by atoms with Gasteiger partial charge in [0, 0.05) is 18.7 Å². The molecule has 1 N–H and O–H groups in total. The van der Waals surface area contributed by atoms with Crippen molar-refractivity contribution in [3.63, 3.8) is 0 Å². The summed E-state index contributed by atoms with van der Waals surface area (Å²) in [5, 5.41) is 10.8. The molecule has 0 radical (unpaired) electrons. The lowest BCUT2D eigenvalue weighted by Gasteiger charge is -2.30. The lowest BCUT2D eigenvalue weighted by molar-refractivity contribution is -0.384. The highest BCUT2D eigenvalue weighted by Gasteiger charge is 2.39. The highest BCUT2D eigenvalue weighted by molar-refractivity contribution is 7.87. The van der Waals surface area contributed by atoms with Crippen molar-refractivity contribution < 1.29 is 32.4 Å². The number of ether oxygens (including phenoxy) is 2. The molecule has 1 rings (SSSR count). The number of non-ortho nitro benzene ring substituents is 1. The minimum atomic E-state index is -4.51. The zero-order chi connectivity index (χ0) is 24.0. The van der Waals surface area contributed by atoms with Crippen LogP contribution < -0.4 is 4.72 Å². The van der Waals surface area contributed by atoms with Gasteiger partial charge in [-0.15, -0.1) is 0 Å². The zero-order valence-corrected chi connectivity index (χ0v) is 19.3. The molecule has 11 nitrogen and oxygen atoms in total. The largest absolute Gasteiger partial charge is 0.465 e. The summed E-state index contributed by atoms with van der Waals surface area (Å²) >= 11 is 0. The van der Waals surface area contributed by atoms with Crippen molar-refractivity contribution in [1.29, 1.82) is 0 Å². The summed E-state index contributed by atoms with van der Waals surface area (Å²) in [6.07, 6.45) is -1.06. The molecule has 0 unspecified atom stereocenters. The number of nitro benzene ring substituents is 1. The first-order valence-corrected chi connectivity index (χ1v) is 11.0. The second-order valence-electron chi connectivity index (χ2n) is 8.18. The fourth-order valence-corrected chi connectivity index (χ4v) is 3.77. The number of carbonyl (C=O) groups excluding carboxylic acids is 2. The SMILES string of the molecule is CCOC(=O)C(C)(C)NS(=O)(=O)N(CCc1ccc([N+](=O)[O-])cc1)C(=O)OC(C)(C)C. The highest BCUT2D eigenvalue weighted by Crippen LogP contribution is 2.17. The Balaban J connectivity index is 3.13. The smallest absolute Gasteiger partial charge is 0.425 e. The predicted molar refractivity (Wildman–Crippen MR) is 113 cm³/mol. The van der Waals surface area contributed by atoms with Crippen molar-refractivity contribution in [2.45, 2.75) is 59.1 Å². The second kappa shape index (κ2) is 10.1. The summed E-state index contributed by atoms with van der Waals surface area (Å²) in [5.41, 5.74) is -2.14. The van der Waals surface area contributed by atoms with Gasteiger partial charge in [-0.05, 0) is 53.5 Å². The molecule has 174 valence electrons. The summed E-state index contributed by atoms with van der Waals surface area (Å²) < 4.78 is 38.7. The monoisotopic (exact) mass is 459 g/mol. The van der Waals surface area contributed by atoms with E-state index in [1.54, 1.807) is 27.7 Å². The number of rotatable bonds is 9. The number of hydrogen-bond donors (Lipinski definition) is 1. The normalized spacial score (nSPS) is 12.2. The first kappa shape index (κ1) is 26.3. The Hall–Kier alpha value is -2.73. The first-order chi connectivity index (χ1) is 14.1. The fraction of sp³-hybridized carbons (Fsp3) is 0.579. The van der Waals surface area contributed by atoms with Gasteiger partial charge < -0.3 is 9.47 Å². The molecule has 31 heavy (non-hydrogen) atoms. The van der Waals surface area contributed by atoms with Crippen molar-refractivity contribution in [1.82, 2.24) is 9.03 Å². The van der Waals surface area contributed by atoms with Gasteiger partial charge in [0.2, 0.25) is 0 Å². The maximum absolute atomic E-state index is 13.0. The Bertz CT molecular complexity index is 905. The Morgan fingerprint density at radius 2 is 1.68 bits per heavy atom. The summed E-state index contributed by atoms with van der Waals surface area (Å²) in [6.45, 7) is 8.70. The number of benzene rings is 1. The predicted octanol–water partition coefficient (Wildman–Crippen LogP) is 2.55. The molecule has 0 bridgehead atoms. The minimum Gasteiger partial charge on any atom is -0.465 e. The van der Waals surface area contributed by atoms with E-state index < -0.39 is 38.3 Å². The van der Waals surface area contributed by atoms with Gasteiger partial charge in [-0.2, -0.15) is 17.4 Å². The molecule has 0 aliphatic carbocycles. The molecule has 0 atom stereocenters. The molecule has 0 saturated carbocycles. The molecule has 0 heterocycles. The average molecular weight is 460 g/mol. The topological polar surface area (TPSA) is 145 Å². The summed E-state index contributed by atoms with van der Waals surface area (Å²) in [7, 11) is -4.51. The molecule has 0 aliphatic heterocycles. The van der Waals surface area contributed by atoms with Crippen molar-refractivity contribution in [2.75, 3.05) is 13.2 Å². The van der Waals surface area contributed by atoms with E-state index in [1.165, 1.54) is 38.1 Å². The zero-order valence-electron chi connectivity index (χ0n) is 18.5. The van der Waals surface area contributed by atoms with Crippen molar-refractivity contribution >= 4 is 28.0 Å². The van der Waals surface area contributed by atoms with Gasteiger partial charge in [0.05, 0.1) is 11.5 Å². The van der Waals surface area contributed by atoms with Gasteiger partial charge in [-0.1, -0.05) is 12.1 Å². The Kier molecular flexibility index (Phi) is 8.53. The van der Waals surface area contributed by atoms with Gasteiger partial charge in [0.15, 0.2) is 0 Å². The van der Waals surface area contributed by atoms with E-state index in [1.807, 2.05) is 0 Å². The molecule has 1 amide bonds. The molecule has 0 spiro atoms. The van der Waals surface area contributed by atoms with Crippen LogP contribution in [0.5, 0.6) is 0 Å². The number of esters is 1. The van der Waals surface area contributed by atoms with Gasteiger partial charge in [0.1, 0.15) is 11.1 Å². The van der Waals surface area contributed by atoms with Gasteiger partial charge in [-0.25, -0.2) is 4.79 Å². The Morgan fingerprint density at radius 1 is 1.13 bits per heavy atom. The van der Waals surface area contributed by atoms with Crippen LogP contribution in [0.1, 0.15) is 47.1 Å². The lowest BCUT2D eigenvalue weighted by atomic mass is 10.1. The Labute approximate surface area is 182 Å². The van der Waals surface area contributed by atoms with Crippen LogP contribution in [0.15, 0.2) is 24.3 Å². The number of nitrogens with zero attached hydrogens (tertiary/aromatic N) is 2.